The lowest BCUT2D eigenvalue weighted by atomic mass is 9.88. The van der Waals surface area contributed by atoms with Crippen molar-refractivity contribution >= 4 is 34.0 Å². The topological polar surface area (TPSA) is 114 Å². The normalized spacial score (nSPS) is 15.6. The Balaban J connectivity index is 1.54. The van der Waals surface area contributed by atoms with Gasteiger partial charge in [-0.15, -0.1) is 11.3 Å². The first-order valence-electron chi connectivity index (χ1n) is 12.4. The molecule has 10 nitrogen and oxygen atoms in total. The fourth-order valence-electron chi connectivity index (χ4n) is 3.86. The van der Waals surface area contributed by atoms with Crippen LogP contribution in [0.4, 0.5) is 10.6 Å². The Morgan fingerprint density at radius 2 is 2.00 bits per heavy atom. The van der Waals surface area contributed by atoms with Crippen molar-refractivity contribution in [3.8, 4) is 11.4 Å². The summed E-state index contributed by atoms with van der Waals surface area (Å²) in [6.45, 7) is 12.0. The first kappa shape index (κ1) is 25.9. The highest BCUT2D eigenvalue weighted by Crippen LogP contribution is 2.28. The van der Waals surface area contributed by atoms with Crippen LogP contribution in [0.2, 0.25) is 0 Å². The third-order valence-corrected chi connectivity index (χ3v) is 7.41. The zero-order valence-electron chi connectivity index (χ0n) is 21.6. The highest BCUT2D eigenvalue weighted by molar-refractivity contribution is 7.16. The third-order valence-electron chi connectivity index (χ3n) is 6.52. The van der Waals surface area contributed by atoms with Crippen LogP contribution in [-0.4, -0.2) is 68.3 Å². The largest absolute Gasteiger partial charge is 0.450 e. The van der Waals surface area contributed by atoms with E-state index >= 15 is 0 Å². The number of ether oxygens (including phenoxy) is 1. The number of rotatable bonds is 7. The number of fused-ring (bicyclic) bond motifs is 1. The second-order valence-corrected chi connectivity index (χ2v) is 11.1. The molecule has 0 saturated carbocycles. The van der Waals surface area contributed by atoms with Crippen molar-refractivity contribution in [1.82, 2.24) is 29.8 Å². The maximum Gasteiger partial charge on any atom is 0.407 e. The van der Waals surface area contributed by atoms with E-state index in [4.69, 9.17) is 9.72 Å². The van der Waals surface area contributed by atoms with E-state index in [9.17, 15) is 9.59 Å². The van der Waals surface area contributed by atoms with E-state index in [0.717, 1.165) is 16.8 Å². The van der Waals surface area contributed by atoms with E-state index in [1.165, 1.54) is 0 Å². The third kappa shape index (κ3) is 5.95. The second-order valence-electron chi connectivity index (χ2n) is 10.3. The molecule has 0 spiro atoms. The number of likely N-dealkylation sites (tertiary alicyclic amines) is 1. The summed E-state index contributed by atoms with van der Waals surface area (Å²) in [7, 11) is 0. The molecule has 0 bridgehead atoms. The number of hydrogen-bond donors (Lipinski definition) is 2. The van der Waals surface area contributed by atoms with Crippen LogP contribution in [-0.2, 0) is 4.74 Å². The number of nitrogens with zero attached hydrogens (tertiary/aromatic N) is 5. The van der Waals surface area contributed by atoms with Gasteiger partial charge in [0.15, 0.2) is 5.82 Å². The molecule has 2 amide bonds. The molecular formula is C25H35N7O3S. The van der Waals surface area contributed by atoms with Crippen LogP contribution in [0.5, 0.6) is 0 Å². The zero-order valence-corrected chi connectivity index (χ0v) is 22.4. The molecule has 4 rings (SSSR count). The number of hydrogen-bond acceptors (Lipinski definition) is 8. The van der Waals surface area contributed by atoms with Crippen LogP contribution in [0, 0.1) is 5.41 Å². The van der Waals surface area contributed by atoms with Gasteiger partial charge in [0.2, 0.25) is 0 Å². The molecule has 194 valence electrons. The second kappa shape index (κ2) is 10.8. The van der Waals surface area contributed by atoms with Crippen molar-refractivity contribution in [2.24, 2.45) is 5.41 Å². The molecule has 1 saturated heterocycles. The molecule has 1 atom stereocenters. The van der Waals surface area contributed by atoms with Crippen LogP contribution >= 0.6 is 11.3 Å². The zero-order chi connectivity index (χ0) is 25.9. The number of alkyl carbamates (subject to hydrolysis) is 1. The SMILES string of the molecule is CCCOC(=O)NC1CCN(C(=O)c2cc(NC(C)C(C)(C)C)nc(-c3cnn4ccsc34)n2)CC1. The van der Waals surface area contributed by atoms with Gasteiger partial charge in [-0.1, -0.05) is 27.7 Å². The van der Waals surface area contributed by atoms with E-state index in [1.807, 2.05) is 18.5 Å². The Bertz CT molecular complexity index is 1210. The summed E-state index contributed by atoms with van der Waals surface area (Å²) in [5, 5.41) is 12.7. The minimum atomic E-state index is -0.396. The number of carbonyl (C=O) groups excluding carboxylic acids is 2. The average Bonchev–Trinajstić information content (AvgIpc) is 3.46. The van der Waals surface area contributed by atoms with Crippen molar-refractivity contribution in [3.05, 3.63) is 29.5 Å². The van der Waals surface area contributed by atoms with Crippen LogP contribution in [0.25, 0.3) is 16.2 Å². The Hall–Kier alpha value is -3.21. The lowest BCUT2D eigenvalue weighted by Gasteiger charge is -2.32. The Labute approximate surface area is 215 Å². The Morgan fingerprint density at radius 1 is 1.25 bits per heavy atom. The minimum Gasteiger partial charge on any atom is -0.450 e. The summed E-state index contributed by atoms with van der Waals surface area (Å²) in [5.74, 6) is 0.931. The first-order chi connectivity index (χ1) is 17.2. The highest BCUT2D eigenvalue weighted by Gasteiger charge is 2.28. The van der Waals surface area contributed by atoms with Gasteiger partial charge in [-0.05, 0) is 31.6 Å². The molecule has 0 radical (unpaired) electrons. The molecule has 36 heavy (non-hydrogen) atoms. The predicted molar refractivity (Wildman–Crippen MR) is 140 cm³/mol. The first-order valence-corrected chi connectivity index (χ1v) is 13.3. The van der Waals surface area contributed by atoms with Crippen molar-refractivity contribution in [2.75, 3.05) is 25.0 Å². The summed E-state index contributed by atoms with van der Waals surface area (Å²) in [6, 6.07) is 1.84. The number of carbonyl (C=O) groups is 2. The van der Waals surface area contributed by atoms with Gasteiger partial charge in [0, 0.05) is 42.8 Å². The summed E-state index contributed by atoms with van der Waals surface area (Å²) in [6.07, 6.45) is 5.33. The van der Waals surface area contributed by atoms with Gasteiger partial charge < -0.3 is 20.3 Å². The monoisotopic (exact) mass is 513 g/mol. The Kier molecular flexibility index (Phi) is 7.77. The van der Waals surface area contributed by atoms with Crippen molar-refractivity contribution in [3.63, 3.8) is 0 Å². The molecule has 0 aromatic carbocycles. The summed E-state index contributed by atoms with van der Waals surface area (Å²) >= 11 is 1.55. The summed E-state index contributed by atoms with van der Waals surface area (Å²) in [5.41, 5.74) is 1.13. The number of anilines is 1. The fraction of sp³-hybridized carbons (Fsp3) is 0.560. The lowest BCUT2D eigenvalue weighted by Crippen LogP contribution is -2.46. The molecule has 3 aromatic heterocycles. The maximum absolute atomic E-state index is 13.5. The molecule has 3 aromatic rings. The highest BCUT2D eigenvalue weighted by atomic mass is 32.1. The lowest BCUT2D eigenvalue weighted by molar-refractivity contribution is 0.0696. The fourth-order valence-corrected chi connectivity index (χ4v) is 4.65. The van der Waals surface area contributed by atoms with Crippen molar-refractivity contribution in [2.45, 2.75) is 66.0 Å². The Morgan fingerprint density at radius 3 is 2.69 bits per heavy atom. The standard InChI is InChI=1S/C25H35N7O3S/c1-6-12-35-24(34)28-17-7-9-31(10-8-17)22(33)19-14-20(27-16(2)25(3,4)5)30-21(29-19)18-15-26-32-11-13-36-23(18)32/h11,13-17H,6-10,12H2,1-5H3,(H,28,34)(H,27,29,30). The molecule has 1 aliphatic heterocycles. The summed E-state index contributed by atoms with van der Waals surface area (Å²) < 4.78 is 6.90. The maximum atomic E-state index is 13.5. The van der Waals surface area contributed by atoms with Crippen LogP contribution in [0.3, 0.4) is 0 Å². The van der Waals surface area contributed by atoms with Crippen molar-refractivity contribution < 1.29 is 14.3 Å². The van der Waals surface area contributed by atoms with Gasteiger partial charge in [0.05, 0.1) is 18.4 Å². The molecule has 11 heteroatoms. The van der Waals surface area contributed by atoms with Gasteiger partial charge >= 0.3 is 6.09 Å². The van der Waals surface area contributed by atoms with Crippen LogP contribution in [0.15, 0.2) is 23.8 Å². The number of amides is 2. The van der Waals surface area contributed by atoms with Crippen molar-refractivity contribution in [1.29, 1.82) is 0 Å². The molecule has 4 heterocycles. The van der Waals surface area contributed by atoms with Gasteiger partial charge in [-0.25, -0.2) is 19.3 Å². The number of piperidine rings is 1. The van der Waals surface area contributed by atoms with Gasteiger partial charge in [-0.3, -0.25) is 4.79 Å². The van der Waals surface area contributed by atoms with E-state index in [-0.39, 0.29) is 23.4 Å². The minimum absolute atomic E-state index is 0.00117. The van der Waals surface area contributed by atoms with Gasteiger partial charge in [0.25, 0.3) is 5.91 Å². The molecule has 1 fully saturated rings. The van der Waals surface area contributed by atoms with E-state index in [0.29, 0.717) is 49.9 Å². The van der Waals surface area contributed by atoms with Crippen LogP contribution < -0.4 is 10.6 Å². The molecule has 1 aliphatic rings. The molecule has 1 unspecified atom stereocenters. The van der Waals surface area contributed by atoms with E-state index < -0.39 is 6.09 Å². The molecule has 0 aliphatic carbocycles. The number of nitrogens with one attached hydrogen (secondary N) is 2. The average molecular weight is 514 g/mol. The predicted octanol–water partition coefficient (Wildman–Crippen LogP) is 4.44. The molecule has 2 N–H and O–H groups in total. The number of thiazole rings is 1. The van der Waals surface area contributed by atoms with E-state index in [1.54, 1.807) is 33.0 Å². The smallest absolute Gasteiger partial charge is 0.407 e. The molecular weight excluding hydrogens is 478 g/mol. The van der Waals surface area contributed by atoms with Gasteiger partial charge in [-0.2, -0.15) is 5.10 Å². The quantitative estimate of drug-likeness (QED) is 0.480. The summed E-state index contributed by atoms with van der Waals surface area (Å²) in [4.78, 5) is 37.5. The number of aromatic nitrogens is 4. The van der Waals surface area contributed by atoms with Gasteiger partial charge in [0.1, 0.15) is 16.3 Å². The van der Waals surface area contributed by atoms with Crippen LogP contribution in [0.1, 0.15) is 64.4 Å². The van der Waals surface area contributed by atoms with E-state index in [2.05, 4.69) is 48.4 Å².